The van der Waals surface area contributed by atoms with Gasteiger partial charge in [0.15, 0.2) is 43.0 Å². The van der Waals surface area contributed by atoms with E-state index in [9.17, 15) is 16.8 Å². The SMILES string of the molecule is CO[C@H](c1ncc(Cl)cn1)[C@H](C)S(=O)(=O)Cc1nnc([C@@H]2CC[C@H](C)O2)n1Cc1ccon1.CO[C@H](c1ncc(Cl)cn1)[C@H](C)S(=O)(=O)Cc1nnc([C@H]2CC[C@@H](C)O2)n1Cc1ccon1. The molecule has 8 atom stereocenters. The third-order valence-corrected chi connectivity index (χ3v) is 15.8. The Labute approximate surface area is 391 Å². The Balaban J connectivity index is 0.000000196. The minimum Gasteiger partial charge on any atom is -0.372 e. The summed E-state index contributed by atoms with van der Waals surface area (Å²) < 4.78 is 89.6. The topological polar surface area (TPSA) is 270 Å². The van der Waals surface area contributed by atoms with Gasteiger partial charge in [-0.1, -0.05) is 33.5 Å². The highest BCUT2D eigenvalue weighted by atomic mass is 35.5. The van der Waals surface area contributed by atoms with Gasteiger partial charge in [0.2, 0.25) is 0 Å². The predicted molar refractivity (Wildman–Crippen MR) is 234 cm³/mol. The van der Waals surface area contributed by atoms with Crippen LogP contribution in [0.5, 0.6) is 0 Å². The van der Waals surface area contributed by atoms with Crippen LogP contribution in [-0.2, 0) is 63.2 Å². The molecule has 2 aliphatic rings. The first kappa shape index (κ1) is 49.1. The smallest absolute Gasteiger partial charge is 0.163 e. The Bertz CT molecular complexity index is 2520. The third kappa shape index (κ3) is 11.6. The molecule has 0 unspecified atom stereocenters. The van der Waals surface area contributed by atoms with Crippen molar-refractivity contribution in [3.63, 3.8) is 0 Å². The van der Waals surface area contributed by atoms with Gasteiger partial charge in [0, 0.05) is 51.1 Å². The molecule has 8 heterocycles. The summed E-state index contributed by atoms with van der Waals surface area (Å²) >= 11 is 11.7. The lowest BCUT2D eigenvalue weighted by Crippen LogP contribution is -2.30. The summed E-state index contributed by atoms with van der Waals surface area (Å²) in [5, 5.41) is 23.7. The molecule has 356 valence electrons. The summed E-state index contributed by atoms with van der Waals surface area (Å²) in [5.74, 6) is 1.48. The zero-order valence-electron chi connectivity index (χ0n) is 36.9. The number of ether oxygens (including phenoxy) is 4. The molecule has 22 nitrogen and oxygen atoms in total. The molecule has 8 rings (SSSR count). The van der Waals surface area contributed by atoms with Crippen LogP contribution in [0.2, 0.25) is 10.0 Å². The minimum atomic E-state index is -3.75. The monoisotopic (exact) mass is 992 g/mol. The number of halogens is 2. The summed E-state index contributed by atoms with van der Waals surface area (Å²) in [6, 6.07) is 3.42. The summed E-state index contributed by atoms with van der Waals surface area (Å²) in [4.78, 5) is 16.5. The van der Waals surface area contributed by atoms with Crippen molar-refractivity contribution in [2.75, 3.05) is 14.2 Å². The van der Waals surface area contributed by atoms with E-state index in [0.717, 1.165) is 25.7 Å². The van der Waals surface area contributed by atoms with E-state index in [1.807, 2.05) is 13.8 Å². The van der Waals surface area contributed by atoms with E-state index in [0.29, 0.717) is 33.1 Å². The Hall–Kier alpha value is -4.82. The maximum absolute atomic E-state index is 13.4. The summed E-state index contributed by atoms with van der Waals surface area (Å²) in [5.41, 5.74) is 1.25. The van der Waals surface area contributed by atoms with Gasteiger partial charge in [0.25, 0.3) is 0 Å². The Morgan fingerprint density at radius 3 is 1.32 bits per heavy atom. The standard InChI is InChI=1S/2C20H25ClN6O5S/c2*1-12-4-5-16(32-12)20-25-24-17(27(20)10-15-6-7-31-26-15)11-33(28,29)13(2)18(30-3)19-22-8-14(21)9-23-19/h2*6-9,12-13,16,18H,4-5,10-11H2,1-3H3/t12-,13+,16-,18+;12-,13-,16-,18-/m10/s1. The number of hydrogen-bond donors (Lipinski definition) is 0. The van der Waals surface area contributed by atoms with Gasteiger partial charge in [0.1, 0.15) is 71.5 Å². The lowest BCUT2D eigenvalue weighted by atomic mass is 10.2. The highest BCUT2D eigenvalue weighted by Crippen LogP contribution is 2.35. The van der Waals surface area contributed by atoms with Crippen LogP contribution in [0.3, 0.4) is 0 Å². The Kier molecular flexibility index (Phi) is 15.9. The zero-order chi connectivity index (χ0) is 47.2. The van der Waals surface area contributed by atoms with Gasteiger partial charge in [-0.05, 0) is 53.4 Å². The molecule has 0 amide bonds. The first-order chi connectivity index (χ1) is 31.6. The average molecular weight is 994 g/mol. The fourth-order valence-corrected chi connectivity index (χ4v) is 10.7. The second kappa shape index (κ2) is 21.4. The number of aromatic nitrogens is 12. The highest BCUT2D eigenvalue weighted by Gasteiger charge is 2.38. The van der Waals surface area contributed by atoms with Gasteiger partial charge >= 0.3 is 0 Å². The summed E-state index contributed by atoms with van der Waals surface area (Å²) in [6.45, 7) is 7.63. The lowest BCUT2D eigenvalue weighted by molar-refractivity contribution is 0.0479. The highest BCUT2D eigenvalue weighted by molar-refractivity contribution is 7.91. The Morgan fingerprint density at radius 2 is 1.02 bits per heavy atom. The van der Waals surface area contributed by atoms with Crippen molar-refractivity contribution in [2.45, 2.75) is 125 Å². The summed E-state index contributed by atoms with van der Waals surface area (Å²) in [6.07, 6.45) is 9.78. The number of nitrogens with zero attached hydrogens (tertiary/aromatic N) is 12. The molecule has 0 saturated carbocycles. The molecule has 2 fully saturated rings. The maximum atomic E-state index is 13.4. The van der Waals surface area contributed by atoms with Crippen LogP contribution in [0.15, 0.2) is 58.5 Å². The van der Waals surface area contributed by atoms with Crippen LogP contribution < -0.4 is 0 Å². The van der Waals surface area contributed by atoms with E-state index in [-0.39, 0.29) is 72.3 Å². The van der Waals surface area contributed by atoms with E-state index < -0.39 is 42.4 Å². The number of sulfone groups is 2. The summed E-state index contributed by atoms with van der Waals surface area (Å²) in [7, 11) is -4.67. The van der Waals surface area contributed by atoms with Gasteiger partial charge < -0.3 is 37.1 Å². The van der Waals surface area contributed by atoms with Crippen molar-refractivity contribution in [1.29, 1.82) is 0 Å². The molecule has 2 aliphatic heterocycles. The van der Waals surface area contributed by atoms with Crippen molar-refractivity contribution in [1.82, 2.24) is 59.8 Å². The van der Waals surface area contributed by atoms with Crippen LogP contribution in [0.4, 0.5) is 0 Å². The van der Waals surface area contributed by atoms with Crippen molar-refractivity contribution in [2.24, 2.45) is 0 Å². The van der Waals surface area contributed by atoms with Crippen molar-refractivity contribution >= 4 is 42.9 Å². The predicted octanol–water partition coefficient (Wildman–Crippen LogP) is 5.38. The molecule has 6 aromatic heterocycles. The largest absolute Gasteiger partial charge is 0.372 e. The van der Waals surface area contributed by atoms with E-state index in [1.54, 1.807) is 35.1 Å². The van der Waals surface area contributed by atoms with E-state index in [2.05, 4.69) is 50.6 Å². The molecule has 0 spiro atoms. The fourth-order valence-electron chi connectivity index (χ4n) is 7.63. The normalized spacial score (nSPS) is 20.7. The molecular weight excluding hydrogens is 944 g/mol. The molecular formula is C40H50Cl2N12O10S2. The van der Waals surface area contributed by atoms with Gasteiger partial charge in [-0.3, -0.25) is 0 Å². The van der Waals surface area contributed by atoms with E-state index in [1.165, 1.54) is 51.5 Å². The molecule has 2 saturated heterocycles. The second-order valence-electron chi connectivity index (χ2n) is 16.0. The van der Waals surface area contributed by atoms with Gasteiger partial charge in [-0.2, -0.15) is 0 Å². The average Bonchev–Trinajstić information content (AvgIpc) is 4.17. The molecule has 26 heteroatoms. The molecule has 66 heavy (non-hydrogen) atoms. The molecule has 6 aromatic rings. The van der Waals surface area contributed by atoms with Gasteiger partial charge in [0.05, 0.1) is 45.8 Å². The fraction of sp³-hybridized carbons (Fsp3) is 0.550. The molecule has 0 radical (unpaired) electrons. The molecule has 0 N–H and O–H groups in total. The van der Waals surface area contributed by atoms with Crippen LogP contribution in [0.1, 0.15) is 124 Å². The van der Waals surface area contributed by atoms with Crippen LogP contribution in [0.25, 0.3) is 0 Å². The number of rotatable bonds is 18. The number of methoxy groups -OCH3 is 2. The third-order valence-electron chi connectivity index (χ3n) is 11.3. The van der Waals surface area contributed by atoms with Crippen LogP contribution in [0, 0.1) is 0 Å². The van der Waals surface area contributed by atoms with Crippen LogP contribution in [-0.4, -0.2) is 114 Å². The van der Waals surface area contributed by atoms with Gasteiger partial charge in [-0.25, -0.2) is 36.8 Å². The minimum absolute atomic E-state index is 0.0984. The van der Waals surface area contributed by atoms with E-state index >= 15 is 0 Å². The number of hydrogen-bond acceptors (Lipinski definition) is 20. The maximum Gasteiger partial charge on any atom is 0.163 e. The quantitative estimate of drug-likeness (QED) is 0.105. The van der Waals surface area contributed by atoms with Gasteiger partial charge in [-0.15, -0.1) is 20.4 Å². The molecule has 0 aliphatic carbocycles. The second-order valence-corrected chi connectivity index (χ2v) is 21.6. The van der Waals surface area contributed by atoms with Crippen molar-refractivity contribution < 1.29 is 44.8 Å². The van der Waals surface area contributed by atoms with Crippen LogP contribution >= 0.6 is 23.2 Å². The molecule has 0 bridgehead atoms. The first-order valence-electron chi connectivity index (χ1n) is 20.9. The lowest BCUT2D eigenvalue weighted by Gasteiger charge is -2.21. The Morgan fingerprint density at radius 1 is 0.636 bits per heavy atom. The molecule has 0 aromatic carbocycles. The van der Waals surface area contributed by atoms with Crippen molar-refractivity contribution in [3.8, 4) is 0 Å². The first-order valence-corrected chi connectivity index (χ1v) is 25.1. The van der Waals surface area contributed by atoms with E-state index in [4.69, 9.17) is 51.2 Å². The van der Waals surface area contributed by atoms with Crippen molar-refractivity contribution in [3.05, 3.63) is 106 Å². The zero-order valence-corrected chi connectivity index (χ0v) is 40.1.